The first kappa shape index (κ1) is 15.0. The number of amides is 1. The van der Waals surface area contributed by atoms with Crippen LogP contribution in [0.1, 0.15) is 31.1 Å². The Morgan fingerprint density at radius 3 is 1.95 bits per heavy atom. The molecule has 0 bridgehead atoms. The summed E-state index contributed by atoms with van der Waals surface area (Å²) >= 11 is 0. The fourth-order valence-corrected chi connectivity index (χ4v) is 1.84. The van der Waals surface area contributed by atoms with Crippen molar-refractivity contribution in [2.75, 3.05) is 11.1 Å². The third-order valence-electron chi connectivity index (χ3n) is 2.87. The van der Waals surface area contributed by atoms with Crippen LogP contribution < -0.4 is 21.3 Å². The van der Waals surface area contributed by atoms with Gasteiger partial charge in [0.25, 0.3) is 5.91 Å². The molecular weight excluding hydrogens is 288 g/mol. The number of hydrogen-bond donors (Lipinski definition) is 2. The number of para-hydroxylation sites is 1. The number of aromatic carboxylic acids is 2. The van der Waals surface area contributed by atoms with E-state index in [9.17, 15) is 24.6 Å². The molecule has 7 nitrogen and oxygen atoms in total. The molecule has 0 aliphatic heterocycles. The lowest BCUT2D eigenvalue weighted by atomic mass is 10.1. The number of rotatable bonds is 4. The summed E-state index contributed by atoms with van der Waals surface area (Å²) in [4.78, 5) is 33.8. The molecule has 0 unspecified atom stereocenters. The maximum atomic E-state index is 12.1. The Hall–Kier alpha value is -3.35. The topological polar surface area (TPSA) is 135 Å². The highest BCUT2D eigenvalue weighted by molar-refractivity contribution is 6.08. The quantitative estimate of drug-likeness (QED) is 0.713. The molecule has 0 saturated carbocycles. The van der Waals surface area contributed by atoms with E-state index in [1.807, 2.05) is 0 Å². The number of anilines is 2. The summed E-state index contributed by atoms with van der Waals surface area (Å²) in [6, 6.07) is 9.31. The Balaban J connectivity index is 2.37. The van der Waals surface area contributed by atoms with E-state index < -0.39 is 29.0 Å². The van der Waals surface area contributed by atoms with Crippen molar-refractivity contribution in [1.29, 1.82) is 0 Å². The second-order valence-corrected chi connectivity index (χ2v) is 4.42. The minimum absolute atomic E-state index is 0.0193. The molecule has 7 heteroatoms. The van der Waals surface area contributed by atoms with Gasteiger partial charge in [-0.2, -0.15) is 0 Å². The minimum atomic E-state index is -1.57. The molecule has 0 aromatic heterocycles. The summed E-state index contributed by atoms with van der Waals surface area (Å²) in [6.07, 6.45) is 0. The van der Waals surface area contributed by atoms with Crippen LogP contribution in [0.5, 0.6) is 0 Å². The van der Waals surface area contributed by atoms with E-state index >= 15 is 0 Å². The summed E-state index contributed by atoms with van der Waals surface area (Å²) in [5, 5.41) is 24.1. The van der Waals surface area contributed by atoms with Crippen molar-refractivity contribution >= 4 is 29.2 Å². The molecule has 0 saturated heterocycles. The lowest BCUT2D eigenvalue weighted by Crippen LogP contribution is -2.26. The van der Waals surface area contributed by atoms with Crippen LogP contribution in [-0.4, -0.2) is 17.8 Å². The Bertz CT molecular complexity index is 738. The van der Waals surface area contributed by atoms with Crippen LogP contribution in [0.4, 0.5) is 11.4 Å². The van der Waals surface area contributed by atoms with E-state index in [1.54, 1.807) is 12.1 Å². The number of carbonyl (C=O) groups excluding carboxylic acids is 3. The standard InChI is InChI=1S/C15H12N2O5/c16-12-4-2-1-3-11(12)13(18)17-10-6-8(14(19)20)5-9(7-10)15(21)22/h1-7H,16H2,(H,17,18)(H,19,20)(H,21,22)/p-2. The first-order valence-corrected chi connectivity index (χ1v) is 6.12. The van der Waals surface area contributed by atoms with Crippen LogP contribution in [0.3, 0.4) is 0 Å². The Morgan fingerprint density at radius 2 is 1.45 bits per heavy atom. The van der Waals surface area contributed by atoms with Gasteiger partial charge in [-0.05, 0) is 41.5 Å². The third-order valence-corrected chi connectivity index (χ3v) is 2.87. The molecule has 2 aromatic rings. The van der Waals surface area contributed by atoms with E-state index in [0.717, 1.165) is 18.2 Å². The molecule has 112 valence electrons. The normalized spacial score (nSPS) is 10.0. The van der Waals surface area contributed by atoms with Gasteiger partial charge in [0.15, 0.2) is 0 Å². The second kappa shape index (κ2) is 5.96. The Morgan fingerprint density at radius 1 is 0.909 bits per heavy atom. The number of benzene rings is 2. The average Bonchev–Trinajstić information content (AvgIpc) is 2.47. The van der Waals surface area contributed by atoms with Gasteiger partial charge >= 0.3 is 0 Å². The van der Waals surface area contributed by atoms with Crippen molar-refractivity contribution in [3.05, 3.63) is 59.2 Å². The van der Waals surface area contributed by atoms with Crippen molar-refractivity contribution in [2.24, 2.45) is 0 Å². The molecule has 22 heavy (non-hydrogen) atoms. The lowest BCUT2D eigenvalue weighted by molar-refractivity contribution is -0.255. The average molecular weight is 298 g/mol. The van der Waals surface area contributed by atoms with Gasteiger partial charge in [0.2, 0.25) is 0 Å². The highest BCUT2D eigenvalue weighted by atomic mass is 16.4. The molecule has 0 fully saturated rings. The van der Waals surface area contributed by atoms with E-state index in [4.69, 9.17) is 5.73 Å². The number of nitrogen functional groups attached to an aromatic ring is 1. The first-order chi connectivity index (χ1) is 10.4. The van der Waals surface area contributed by atoms with Crippen molar-refractivity contribution in [3.8, 4) is 0 Å². The van der Waals surface area contributed by atoms with Gasteiger partial charge in [-0.15, -0.1) is 0 Å². The molecule has 0 spiro atoms. The van der Waals surface area contributed by atoms with Crippen LogP contribution in [-0.2, 0) is 0 Å². The molecule has 2 aromatic carbocycles. The zero-order valence-electron chi connectivity index (χ0n) is 11.2. The van der Waals surface area contributed by atoms with Crippen LogP contribution in [0.2, 0.25) is 0 Å². The molecule has 0 radical (unpaired) electrons. The van der Waals surface area contributed by atoms with Gasteiger partial charge in [0, 0.05) is 11.4 Å². The van der Waals surface area contributed by atoms with Gasteiger partial charge in [0.05, 0.1) is 17.5 Å². The van der Waals surface area contributed by atoms with Gasteiger partial charge in [-0.25, -0.2) is 0 Å². The van der Waals surface area contributed by atoms with Gasteiger partial charge in [0.1, 0.15) is 0 Å². The predicted octanol–water partition coefficient (Wildman–Crippen LogP) is -0.752. The molecule has 0 aliphatic carbocycles. The van der Waals surface area contributed by atoms with Gasteiger partial charge in [-0.1, -0.05) is 12.1 Å². The van der Waals surface area contributed by atoms with Gasteiger partial charge < -0.3 is 30.9 Å². The van der Waals surface area contributed by atoms with Crippen molar-refractivity contribution in [3.63, 3.8) is 0 Å². The maximum Gasteiger partial charge on any atom is 0.257 e. The summed E-state index contributed by atoms with van der Waals surface area (Å²) in [5.74, 6) is -3.74. The first-order valence-electron chi connectivity index (χ1n) is 6.12. The number of hydrogen-bond acceptors (Lipinski definition) is 6. The smallest absolute Gasteiger partial charge is 0.257 e. The van der Waals surface area contributed by atoms with E-state index in [0.29, 0.717) is 0 Å². The van der Waals surface area contributed by atoms with E-state index in [1.165, 1.54) is 12.1 Å². The second-order valence-electron chi connectivity index (χ2n) is 4.42. The molecule has 3 N–H and O–H groups in total. The van der Waals surface area contributed by atoms with Crippen molar-refractivity contribution in [2.45, 2.75) is 0 Å². The number of nitrogens with one attached hydrogen (secondary N) is 1. The van der Waals surface area contributed by atoms with Crippen LogP contribution in [0.25, 0.3) is 0 Å². The molecule has 0 atom stereocenters. The summed E-state index contributed by atoms with van der Waals surface area (Å²) in [5.41, 5.74) is 5.27. The van der Waals surface area contributed by atoms with Crippen LogP contribution in [0, 0.1) is 0 Å². The number of carbonyl (C=O) groups is 3. The molecule has 0 aliphatic rings. The predicted molar refractivity (Wildman–Crippen MR) is 73.9 cm³/mol. The Kier molecular flexibility index (Phi) is 4.08. The molecule has 1 amide bonds. The van der Waals surface area contributed by atoms with Crippen LogP contribution in [0.15, 0.2) is 42.5 Å². The molecule has 0 heterocycles. The number of carboxylic acid groups (broad SMARTS) is 2. The highest BCUT2D eigenvalue weighted by Crippen LogP contribution is 2.17. The SMILES string of the molecule is Nc1ccccc1C(=O)Nc1cc(C(=O)[O-])cc(C(=O)[O-])c1. The number of carboxylic acids is 2. The number of nitrogens with two attached hydrogens (primary N) is 1. The van der Waals surface area contributed by atoms with Crippen molar-refractivity contribution in [1.82, 2.24) is 0 Å². The Labute approximate surface area is 125 Å². The zero-order chi connectivity index (χ0) is 16.3. The summed E-state index contributed by atoms with van der Waals surface area (Å²) < 4.78 is 0. The van der Waals surface area contributed by atoms with Gasteiger partial charge in [-0.3, -0.25) is 4.79 Å². The minimum Gasteiger partial charge on any atom is -0.545 e. The lowest BCUT2D eigenvalue weighted by Gasteiger charge is -2.12. The molecular formula is C15H10N2O5-2. The zero-order valence-corrected chi connectivity index (χ0v) is 11.2. The maximum absolute atomic E-state index is 12.1. The van der Waals surface area contributed by atoms with E-state index in [2.05, 4.69) is 5.32 Å². The summed E-state index contributed by atoms with van der Waals surface area (Å²) in [7, 11) is 0. The largest absolute Gasteiger partial charge is 0.545 e. The van der Waals surface area contributed by atoms with Crippen LogP contribution >= 0.6 is 0 Å². The summed E-state index contributed by atoms with van der Waals surface area (Å²) in [6.45, 7) is 0. The third kappa shape index (κ3) is 3.21. The molecule has 2 rings (SSSR count). The monoisotopic (exact) mass is 298 g/mol. The highest BCUT2D eigenvalue weighted by Gasteiger charge is 2.11. The fourth-order valence-electron chi connectivity index (χ4n) is 1.84. The van der Waals surface area contributed by atoms with Crippen molar-refractivity contribution < 1.29 is 24.6 Å². The fraction of sp³-hybridized carbons (Fsp3) is 0. The van der Waals surface area contributed by atoms with E-state index in [-0.39, 0.29) is 16.9 Å².